The molecule has 0 fully saturated rings. The van der Waals surface area contributed by atoms with Crippen LogP contribution in [-0.4, -0.2) is 17.2 Å². The van der Waals surface area contributed by atoms with Gasteiger partial charge in [-0.2, -0.15) is 0 Å². The van der Waals surface area contributed by atoms with Crippen molar-refractivity contribution in [3.63, 3.8) is 0 Å². The molecule has 2 rings (SSSR count). The van der Waals surface area contributed by atoms with Crippen molar-refractivity contribution in [2.75, 3.05) is 0 Å². The Kier molecular flexibility index (Phi) is 3.17. The maximum absolute atomic E-state index is 5.59. The van der Waals surface area contributed by atoms with Crippen LogP contribution < -0.4 is 5.73 Å². The highest BCUT2D eigenvalue weighted by atomic mass is 16.3. The average molecular weight is 205 g/mol. The largest absolute Gasteiger partial charge is 0.449 e. The Balaban J connectivity index is 1.69. The molecule has 4 nitrogen and oxygen atoms in total. The normalized spacial score (nSPS) is 20.3. The molecule has 0 amide bonds. The minimum absolute atomic E-state index is 0.382. The summed E-state index contributed by atoms with van der Waals surface area (Å²) in [5.41, 5.74) is 6.37. The second-order valence-electron chi connectivity index (χ2n) is 3.69. The SMILES string of the molecule is NC1=CCC(CCCc2ncco2)N=C1. The lowest BCUT2D eigenvalue weighted by molar-refractivity contribution is 0.473. The van der Waals surface area contributed by atoms with Crippen molar-refractivity contribution in [3.8, 4) is 0 Å². The van der Waals surface area contributed by atoms with Crippen LogP contribution in [0.5, 0.6) is 0 Å². The highest BCUT2D eigenvalue weighted by Gasteiger charge is 2.08. The van der Waals surface area contributed by atoms with E-state index in [9.17, 15) is 0 Å². The number of rotatable bonds is 4. The predicted octanol–water partition coefficient (Wildman–Crippen LogP) is 1.68. The Hall–Kier alpha value is -1.58. The summed E-state index contributed by atoms with van der Waals surface area (Å²) in [6.07, 6.45) is 11.0. The van der Waals surface area contributed by atoms with Gasteiger partial charge >= 0.3 is 0 Å². The van der Waals surface area contributed by atoms with Crippen LogP contribution in [0.2, 0.25) is 0 Å². The number of oxazole rings is 1. The molecule has 2 N–H and O–H groups in total. The van der Waals surface area contributed by atoms with Gasteiger partial charge in [0.25, 0.3) is 0 Å². The number of dihydropyridines is 1. The minimum atomic E-state index is 0.382. The first-order valence-electron chi connectivity index (χ1n) is 5.22. The predicted molar refractivity (Wildman–Crippen MR) is 58.6 cm³/mol. The van der Waals surface area contributed by atoms with Crippen LogP contribution in [-0.2, 0) is 6.42 Å². The van der Waals surface area contributed by atoms with E-state index in [2.05, 4.69) is 9.98 Å². The average Bonchev–Trinajstić information content (AvgIpc) is 2.74. The fourth-order valence-corrected chi connectivity index (χ4v) is 1.63. The molecule has 0 radical (unpaired) electrons. The van der Waals surface area contributed by atoms with E-state index in [1.54, 1.807) is 18.7 Å². The molecule has 0 saturated carbocycles. The lowest BCUT2D eigenvalue weighted by Crippen LogP contribution is -2.12. The van der Waals surface area contributed by atoms with Gasteiger partial charge in [-0.05, 0) is 19.3 Å². The number of aryl methyl sites for hydroxylation is 1. The van der Waals surface area contributed by atoms with Gasteiger partial charge in [0.2, 0.25) is 0 Å². The molecular weight excluding hydrogens is 190 g/mol. The third kappa shape index (κ3) is 2.94. The number of nitrogens with zero attached hydrogens (tertiary/aromatic N) is 2. The molecule has 1 unspecified atom stereocenters. The smallest absolute Gasteiger partial charge is 0.193 e. The zero-order valence-corrected chi connectivity index (χ0v) is 8.60. The van der Waals surface area contributed by atoms with Gasteiger partial charge in [0.1, 0.15) is 6.26 Å². The Morgan fingerprint density at radius 3 is 3.13 bits per heavy atom. The summed E-state index contributed by atoms with van der Waals surface area (Å²) in [6.45, 7) is 0. The van der Waals surface area contributed by atoms with Crippen molar-refractivity contribution in [2.24, 2.45) is 10.7 Å². The van der Waals surface area contributed by atoms with Gasteiger partial charge in [0.15, 0.2) is 5.89 Å². The molecule has 0 aromatic carbocycles. The topological polar surface area (TPSA) is 64.4 Å². The number of allylic oxidation sites excluding steroid dienone is 1. The molecule has 1 aromatic rings. The van der Waals surface area contributed by atoms with E-state index in [0.717, 1.165) is 37.3 Å². The van der Waals surface area contributed by atoms with Crippen LogP contribution in [0.25, 0.3) is 0 Å². The fraction of sp³-hybridized carbons (Fsp3) is 0.455. The lowest BCUT2D eigenvalue weighted by atomic mass is 10.0. The molecule has 0 spiro atoms. The van der Waals surface area contributed by atoms with Crippen LogP contribution in [0.3, 0.4) is 0 Å². The van der Waals surface area contributed by atoms with Gasteiger partial charge in [-0.3, -0.25) is 4.99 Å². The van der Waals surface area contributed by atoms with Crippen molar-refractivity contribution >= 4 is 6.21 Å². The first-order valence-corrected chi connectivity index (χ1v) is 5.22. The molecule has 0 aliphatic carbocycles. The van der Waals surface area contributed by atoms with Crippen molar-refractivity contribution in [1.29, 1.82) is 0 Å². The molecule has 1 atom stereocenters. The van der Waals surface area contributed by atoms with Gasteiger partial charge in [-0.15, -0.1) is 0 Å². The Labute approximate surface area is 88.9 Å². The maximum Gasteiger partial charge on any atom is 0.193 e. The number of aliphatic imine (C=N–C) groups is 1. The zero-order chi connectivity index (χ0) is 10.5. The maximum atomic E-state index is 5.59. The van der Waals surface area contributed by atoms with Crippen LogP contribution in [0.15, 0.2) is 33.6 Å². The van der Waals surface area contributed by atoms with Crippen molar-refractivity contribution < 1.29 is 4.42 Å². The van der Waals surface area contributed by atoms with E-state index in [4.69, 9.17) is 10.2 Å². The van der Waals surface area contributed by atoms with Crippen molar-refractivity contribution in [1.82, 2.24) is 4.98 Å². The van der Waals surface area contributed by atoms with Crippen LogP contribution >= 0.6 is 0 Å². The van der Waals surface area contributed by atoms with E-state index in [-0.39, 0.29) is 0 Å². The van der Waals surface area contributed by atoms with Gasteiger partial charge in [0, 0.05) is 18.3 Å². The highest BCUT2D eigenvalue weighted by Crippen LogP contribution is 2.13. The molecule has 0 bridgehead atoms. The Bertz CT molecular complexity index is 354. The summed E-state index contributed by atoms with van der Waals surface area (Å²) >= 11 is 0. The summed E-state index contributed by atoms with van der Waals surface area (Å²) in [6, 6.07) is 0.382. The summed E-state index contributed by atoms with van der Waals surface area (Å²) in [5, 5.41) is 0. The second kappa shape index (κ2) is 4.77. The van der Waals surface area contributed by atoms with Gasteiger partial charge < -0.3 is 10.2 Å². The number of hydrogen-bond donors (Lipinski definition) is 1. The van der Waals surface area contributed by atoms with E-state index >= 15 is 0 Å². The highest BCUT2D eigenvalue weighted by molar-refractivity contribution is 5.78. The molecule has 1 aliphatic heterocycles. The summed E-state index contributed by atoms with van der Waals surface area (Å²) < 4.78 is 5.16. The van der Waals surface area contributed by atoms with Crippen LogP contribution in [0.1, 0.15) is 25.2 Å². The Morgan fingerprint density at radius 2 is 2.47 bits per heavy atom. The molecule has 2 heterocycles. The third-order valence-corrected chi connectivity index (χ3v) is 2.47. The molecule has 80 valence electrons. The molecule has 1 aliphatic rings. The fourth-order valence-electron chi connectivity index (χ4n) is 1.63. The van der Waals surface area contributed by atoms with Gasteiger partial charge in [-0.1, -0.05) is 6.08 Å². The zero-order valence-electron chi connectivity index (χ0n) is 8.60. The first kappa shape index (κ1) is 9.96. The standard InChI is InChI=1S/C11H15N3O/c12-9-4-5-10(14-8-9)2-1-3-11-13-6-7-15-11/h4,6-8,10H,1-3,5,12H2. The van der Waals surface area contributed by atoms with E-state index in [1.165, 1.54) is 0 Å². The van der Waals surface area contributed by atoms with Crippen molar-refractivity contribution in [3.05, 3.63) is 30.1 Å². The molecule has 15 heavy (non-hydrogen) atoms. The monoisotopic (exact) mass is 205 g/mol. The third-order valence-electron chi connectivity index (χ3n) is 2.47. The van der Waals surface area contributed by atoms with E-state index in [1.807, 2.05) is 6.08 Å². The van der Waals surface area contributed by atoms with Crippen LogP contribution in [0, 0.1) is 0 Å². The van der Waals surface area contributed by atoms with Gasteiger partial charge in [-0.25, -0.2) is 4.98 Å². The molecule has 4 heteroatoms. The van der Waals surface area contributed by atoms with Crippen molar-refractivity contribution in [2.45, 2.75) is 31.7 Å². The number of hydrogen-bond acceptors (Lipinski definition) is 4. The van der Waals surface area contributed by atoms with E-state index < -0.39 is 0 Å². The minimum Gasteiger partial charge on any atom is -0.449 e. The van der Waals surface area contributed by atoms with Crippen LogP contribution in [0.4, 0.5) is 0 Å². The summed E-state index contributed by atoms with van der Waals surface area (Å²) in [5.74, 6) is 0.810. The quantitative estimate of drug-likeness (QED) is 0.813. The molecule has 1 aromatic heterocycles. The molecular formula is C11H15N3O. The second-order valence-corrected chi connectivity index (χ2v) is 3.69. The Morgan fingerprint density at radius 1 is 1.53 bits per heavy atom. The number of nitrogens with two attached hydrogens (primary N) is 1. The summed E-state index contributed by atoms with van der Waals surface area (Å²) in [4.78, 5) is 8.43. The first-order chi connectivity index (χ1) is 7.34. The van der Waals surface area contributed by atoms with Gasteiger partial charge in [0.05, 0.1) is 12.2 Å². The lowest BCUT2D eigenvalue weighted by Gasteiger charge is -2.13. The van der Waals surface area contributed by atoms with E-state index in [0.29, 0.717) is 6.04 Å². The number of aromatic nitrogens is 1. The summed E-state index contributed by atoms with van der Waals surface area (Å²) in [7, 11) is 0. The molecule has 0 saturated heterocycles.